The highest BCUT2D eigenvalue weighted by atomic mass is 35.5. The molecule has 1 aromatic carbocycles. The van der Waals surface area contributed by atoms with Crippen LogP contribution >= 0.6 is 35.0 Å². The third-order valence-corrected chi connectivity index (χ3v) is 5.46. The Balaban J connectivity index is 2.23. The van der Waals surface area contributed by atoms with Gasteiger partial charge in [0.2, 0.25) is 0 Å². The normalized spacial score (nSPS) is 10.7. The van der Waals surface area contributed by atoms with Crippen molar-refractivity contribution in [3.05, 3.63) is 46.6 Å². The summed E-state index contributed by atoms with van der Waals surface area (Å²) in [5.41, 5.74) is 2.79. The molecule has 0 amide bonds. The molecule has 0 saturated carbocycles. The average molecular weight is 418 g/mol. The van der Waals surface area contributed by atoms with Crippen LogP contribution < -0.4 is 4.90 Å². The maximum Gasteiger partial charge on any atom is 0.148 e. The van der Waals surface area contributed by atoms with E-state index in [-0.39, 0.29) is 0 Å². The molecule has 0 spiro atoms. The van der Waals surface area contributed by atoms with Gasteiger partial charge in [-0.15, -0.1) is 17.7 Å². The number of halogens is 2. The highest BCUT2D eigenvalue weighted by Crippen LogP contribution is 2.37. The number of imidazole rings is 1. The van der Waals surface area contributed by atoms with Gasteiger partial charge in [0.05, 0.1) is 11.6 Å². The molecule has 0 N–H and O–H groups in total. The molecule has 6 heteroatoms. The van der Waals surface area contributed by atoms with Crippen molar-refractivity contribution in [3.63, 3.8) is 0 Å². The first kappa shape index (κ1) is 19.9. The lowest BCUT2D eigenvalue weighted by Gasteiger charge is -2.22. The van der Waals surface area contributed by atoms with Gasteiger partial charge in [0, 0.05) is 28.9 Å². The van der Waals surface area contributed by atoms with E-state index < -0.39 is 0 Å². The Morgan fingerprint density at radius 3 is 2.70 bits per heavy atom. The van der Waals surface area contributed by atoms with E-state index in [0.29, 0.717) is 16.6 Å². The van der Waals surface area contributed by atoms with E-state index in [1.807, 2.05) is 37.4 Å². The Hall–Kier alpha value is -1.80. The van der Waals surface area contributed by atoms with Crippen LogP contribution in [0.5, 0.6) is 0 Å². The van der Waals surface area contributed by atoms with Crippen LogP contribution in [-0.4, -0.2) is 28.7 Å². The predicted octanol–water partition coefficient (Wildman–Crippen LogP) is 6.27. The quantitative estimate of drug-likeness (QED) is 0.348. The minimum absolute atomic E-state index is 0.619. The van der Waals surface area contributed by atoms with Crippen molar-refractivity contribution >= 4 is 46.4 Å². The predicted molar refractivity (Wildman–Crippen MR) is 118 cm³/mol. The lowest BCUT2D eigenvalue weighted by Crippen LogP contribution is -2.26. The number of nitrogens with zero attached hydrogens (tertiary/aromatic N) is 3. The van der Waals surface area contributed by atoms with Crippen LogP contribution in [-0.2, 0) is 0 Å². The number of thioether (sulfide) groups is 1. The second kappa shape index (κ2) is 8.93. The molecule has 0 bridgehead atoms. The third-order valence-electron chi connectivity index (χ3n) is 4.25. The number of hydrogen-bond donors (Lipinski definition) is 0. The Kier molecular flexibility index (Phi) is 6.59. The van der Waals surface area contributed by atoms with Crippen LogP contribution in [0.2, 0.25) is 10.0 Å². The van der Waals surface area contributed by atoms with E-state index in [4.69, 9.17) is 28.2 Å². The zero-order chi connectivity index (χ0) is 19.4. The zero-order valence-corrected chi connectivity index (χ0v) is 17.9. The molecule has 3 nitrogen and oxygen atoms in total. The Labute approximate surface area is 174 Å². The standard InChI is InChI=1S/C21H21Cl2N3S/c1-4-6-12-25(11-5-2)21-20(27-3)24-19-17(8-7-13-26(19)21)16-10-9-15(22)14-18(16)23/h7-10,13-14H,5,11-12H2,1-3H3. The number of hydrogen-bond acceptors (Lipinski definition) is 3. The molecule has 0 aliphatic rings. The molecule has 3 aromatic rings. The molecule has 2 heterocycles. The van der Waals surface area contributed by atoms with E-state index in [1.54, 1.807) is 17.8 Å². The van der Waals surface area contributed by atoms with Gasteiger partial charge in [-0.05, 0) is 43.9 Å². The van der Waals surface area contributed by atoms with Gasteiger partial charge in [0.1, 0.15) is 16.5 Å². The van der Waals surface area contributed by atoms with Crippen molar-refractivity contribution in [3.8, 4) is 23.0 Å². The molecule has 2 aromatic heterocycles. The van der Waals surface area contributed by atoms with E-state index >= 15 is 0 Å². The number of anilines is 1. The molecular weight excluding hydrogens is 397 g/mol. The molecule has 27 heavy (non-hydrogen) atoms. The largest absolute Gasteiger partial charge is 0.344 e. The summed E-state index contributed by atoms with van der Waals surface area (Å²) in [6, 6.07) is 9.63. The second-order valence-corrected chi connectivity index (χ2v) is 7.67. The summed E-state index contributed by atoms with van der Waals surface area (Å²) in [6.45, 7) is 5.64. The summed E-state index contributed by atoms with van der Waals surface area (Å²) in [4.78, 5) is 7.21. The third kappa shape index (κ3) is 4.06. The molecule has 0 aliphatic carbocycles. The molecule has 0 saturated heterocycles. The molecule has 3 rings (SSSR count). The first-order valence-electron chi connectivity index (χ1n) is 8.75. The zero-order valence-electron chi connectivity index (χ0n) is 15.6. The molecule has 140 valence electrons. The topological polar surface area (TPSA) is 20.5 Å². The minimum Gasteiger partial charge on any atom is -0.344 e. The number of aromatic nitrogens is 2. The maximum absolute atomic E-state index is 6.47. The van der Waals surface area contributed by atoms with Gasteiger partial charge in [0.25, 0.3) is 0 Å². The van der Waals surface area contributed by atoms with Crippen molar-refractivity contribution in [1.82, 2.24) is 9.38 Å². The first-order valence-corrected chi connectivity index (χ1v) is 10.7. The molecule has 0 aliphatic heterocycles. The highest BCUT2D eigenvalue weighted by Gasteiger charge is 2.20. The van der Waals surface area contributed by atoms with Crippen LogP contribution in [0.1, 0.15) is 20.3 Å². The van der Waals surface area contributed by atoms with E-state index in [9.17, 15) is 0 Å². The van der Waals surface area contributed by atoms with Gasteiger partial charge >= 0.3 is 0 Å². The molecular formula is C21H21Cl2N3S. The first-order chi connectivity index (χ1) is 13.1. The fraction of sp³-hybridized carbons (Fsp3) is 0.286. The minimum atomic E-state index is 0.619. The van der Waals surface area contributed by atoms with Crippen LogP contribution in [0.25, 0.3) is 16.8 Å². The van der Waals surface area contributed by atoms with Crippen LogP contribution in [0, 0.1) is 11.8 Å². The van der Waals surface area contributed by atoms with Crippen LogP contribution in [0.3, 0.4) is 0 Å². The van der Waals surface area contributed by atoms with E-state index in [2.05, 4.69) is 34.3 Å². The van der Waals surface area contributed by atoms with Gasteiger partial charge in [-0.2, -0.15) is 0 Å². The van der Waals surface area contributed by atoms with Gasteiger partial charge < -0.3 is 4.90 Å². The van der Waals surface area contributed by atoms with Gasteiger partial charge in [-0.25, -0.2) is 4.98 Å². The second-order valence-electron chi connectivity index (χ2n) is 6.03. The molecule has 0 fully saturated rings. The fourth-order valence-corrected chi connectivity index (χ4v) is 4.18. The van der Waals surface area contributed by atoms with Crippen LogP contribution in [0.4, 0.5) is 5.82 Å². The van der Waals surface area contributed by atoms with Crippen molar-refractivity contribution in [1.29, 1.82) is 0 Å². The fourth-order valence-electron chi connectivity index (χ4n) is 3.08. The molecule has 0 radical (unpaired) electrons. The van der Waals surface area contributed by atoms with Gasteiger partial charge in [0.15, 0.2) is 0 Å². The number of rotatable bonds is 6. The SMILES string of the molecule is CC#CCN(CCC)c1c(SC)nc2c(-c3ccc(Cl)cc3Cl)cccn12. The summed E-state index contributed by atoms with van der Waals surface area (Å²) in [5, 5.41) is 2.23. The van der Waals surface area contributed by atoms with Crippen molar-refractivity contribution in [2.75, 3.05) is 24.2 Å². The summed E-state index contributed by atoms with van der Waals surface area (Å²) >= 11 is 14.2. The number of fused-ring (bicyclic) bond motifs is 1. The van der Waals surface area contributed by atoms with Gasteiger partial charge in [-0.1, -0.05) is 42.1 Å². The van der Waals surface area contributed by atoms with Gasteiger partial charge in [-0.3, -0.25) is 4.40 Å². The lowest BCUT2D eigenvalue weighted by atomic mass is 10.1. The molecule has 0 unspecified atom stereocenters. The average Bonchev–Trinajstić information content (AvgIpc) is 3.04. The van der Waals surface area contributed by atoms with E-state index in [1.165, 1.54) is 0 Å². The van der Waals surface area contributed by atoms with Crippen LogP contribution in [0.15, 0.2) is 41.6 Å². The lowest BCUT2D eigenvalue weighted by molar-refractivity contribution is 0.794. The Morgan fingerprint density at radius 2 is 2.04 bits per heavy atom. The summed E-state index contributed by atoms with van der Waals surface area (Å²) in [5.74, 6) is 7.26. The monoisotopic (exact) mass is 417 g/mol. The number of pyridine rings is 1. The summed E-state index contributed by atoms with van der Waals surface area (Å²) < 4.78 is 2.14. The van der Waals surface area contributed by atoms with Crippen molar-refractivity contribution < 1.29 is 0 Å². The van der Waals surface area contributed by atoms with Crippen molar-refractivity contribution in [2.45, 2.75) is 25.3 Å². The Bertz CT molecular complexity index is 1020. The summed E-state index contributed by atoms with van der Waals surface area (Å²) in [7, 11) is 0. The molecule has 0 atom stereocenters. The number of benzene rings is 1. The smallest absolute Gasteiger partial charge is 0.148 e. The maximum atomic E-state index is 6.47. The highest BCUT2D eigenvalue weighted by molar-refractivity contribution is 7.98. The Morgan fingerprint density at radius 1 is 1.22 bits per heavy atom. The summed E-state index contributed by atoms with van der Waals surface area (Å²) in [6.07, 6.45) is 5.14. The van der Waals surface area contributed by atoms with Crippen molar-refractivity contribution in [2.24, 2.45) is 0 Å². The van der Waals surface area contributed by atoms with E-state index in [0.717, 1.165) is 40.6 Å².